The predicted molar refractivity (Wildman–Crippen MR) is 130 cm³/mol. The Morgan fingerprint density at radius 3 is 2.55 bits per heavy atom. The number of aromatic nitrogens is 2. The van der Waals surface area contributed by atoms with E-state index in [9.17, 15) is 9.90 Å². The van der Waals surface area contributed by atoms with Gasteiger partial charge in [-0.25, -0.2) is 0 Å². The van der Waals surface area contributed by atoms with Crippen LogP contribution in [0.4, 0.5) is 0 Å². The standard InChI is InChI=1S/C27H34N4O2/c1-4-23-18(2)25(30-29-23)17-31(3)27(33)21-12-10-19(11-13-21)16-22-14-15-24(28-22)26(32)20-8-6-5-7-9-20/h5-13,22,24,26,28,32H,4,14-17H2,1-3H3,(H,29,30). The van der Waals surface area contributed by atoms with Crippen molar-refractivity contribution >= 4 is 5.91 Å². The summed E-state index contributed by atoms with van der Waals surface area (Å²) in [6.45, 7) is 4.64. The molecule has 0 radical (unpaired) electrons. The van der Waals surface area contributed by atoms with Crippen LogP contribution in [0.5, 0.6) is 0 Å². The molecule has 0 bridgehead atoms. The molecule has 1 saturated heterocycles. The lowest BCUT2D eigenvalue weighted by molar-refractivity contribution is 0.0783. The maximum atomic E-state index is 12.9. The van der Waals surface area contributed by atoms with Crippen molar-refractivity contribution in [2.24, 2.45) is 0 Å². The number of aliphatic hydroxyl groups excluding tert-OH is 1. The van der Waals surface area contributed by atoms with Crippen molar-refractivity contribution in [3.63, 3.8) is 0 Å². The maximum absolute atomic E-state index is 12.9. The minimum absolute atomic E-state index is 0.00126. The number of rotatable bonds is 8. The summed E-state index contributed by atoms with van der Waals surface area (Å²) in [4.78, 5) is 14.6. The third kappa shape index (κ3) is 5.34. The molecule has 1 fully saturated rings. The second kappa shape index (κ2) is 10.3. The molecule has 4 rings (SSSR count). The molecule has 1 aliphatic heterocycles. The van der Waals surface area contributed by atoms with E-state index in [0.29, 0.717) is 18.2 Å². The van der Waals surface area contributed by atoms with E-state index < -0.39 is 6.10 Å². The molecule has 1 aromatic heterocycles. The molecular formula is C27H34N4O2. The van der Waals surface area contributed by atoms with Gasteiger partial charge in [-0.05, 0) is 61.4 Å². The lowest BCUT2D eigenvalue weighted by Crippen LogP contribution is -2.35. The molecule has 3 N–H and O–H groups in total. The van der Waals surface area contributed by atoms with Gasteiger partial charge in [-0.3, -0.25) is 9.89 Å². The van der Waals surface area contributed by atoms with Gasteiger partial charge in [-0.15, -0.1) is 0 Å². The van der Waals surface area contributed by atoms with Crippen LogP contribution in [0.2, 0.25) is 0 Å². The number of benzene rings is 2. The Kier molecular flexibility index (Phi) is 7.26. The van der Waals surface area contributed by atoms with Crippen LogP contribution in [0.3, 0.4) is 0 Å². The molecular weight excluding hydrogens is 412 g/mol. The summed E-state index contributed by atoms with van der Waals surface area (Å²) in [5.41, 5.74) is 6.00. The summed E-state index contributed by atoms with van der Waals surface area (Å²) < 4.78 is 0. The molecule has 2 heterocycles. The average Bonchev–Trinajstić information content (AvgIpc) is 3.45. The zero-order valence-corrected chi connectivity index (χ0v) is 19.7. The highest BCUT2D eigenvalue weighted by molar-refractivity contribution is 5.94. The molecule has 0 saturated carbocycles. The monoisotopic (exact) mass is 446 g/mol. The van der Waals surface area contributed by atoms with Crippen molar-refractivity contribution in [3.8, 4) is 0 Å². The van der Waals surface area contributed by atoms with Crippen LogP contribution in [0.15, 0.2) is 54.6 Å². The van der Waals surface area contributed by atoms with Crippen molar-refractivity contribution in [2.75, 3.05) is 7.05 Å². The van der Waals surface area contributed by atoms with Crippen LogP contribution in [0.25, 0.3) is 0 Å². The van der Waals surface area contributed by atoms with Crippen LogP contribution in [0.1, 0.15) is 64.3 Å². The molecule has 1 aliphatic rings. The number of nitrogens with zero attached hydrogens (tertiary/aromatic N) is 2. The first-order valence-corrected chi connectivity index (χ1v) is 11.8. The molecule has 33 heavy (non-hydrogen) atoms. The fraction of sp³-hybridized carbons (Fsp3) is 0.407. The second-order valence-electron chi connectivity index (χ2n) is 9.09. The zero-order chi connectivity index (χ0) is 23.4. The first-order chi connectivity index (χ1) is 16.0. The van der Waals surface area contributed by atoms with Crippen LogP contribution in [-0.2, 0) is 19.4 Å². The van der Waals surface area contributed by atoms with E-state index in [-0.39, 0.29) is 11.9 Å². The van der Waals surface area contributed by atoms with E-state index in [4.69, 9.17) is 0 Å². The third-order valence-corrected chi connectivity index (χ3v) is 6.77. The van der Waals surface area contributed by atoms with E-state index >= 15 is 0 Å². The molecule has 3 unspecified atom stereocenters. The highest BCUT2D eigenvalue weighted by Crippen LogP contribution is 2.26. The Bertz CT molecular complexity index is 1060. The molecule has 3 atom stereocenters. The maximum Gasteiger partial charge on any atom is 0.253 e. The quantitative estimate of drug-likeness (QED) is 0.489. The topological polar surface area (TPSA) is 81.2 Å². The number of hydrogen-bond acceptors (Lipinski definition) is 4. The Hall–Kier alpha value is -2.96. The Morgan fingerprint density at radius 2 is 1.88 bits per heavy atom. The van der Waals surface area contributed by atoms with Gasteiger partial charge in [0.25, 0.3) is 5.91 Å². The van der Waals surface area contributed by atoms with Gasteiger partial charge in [0.2, 0.25) is 0 Å². The van der Waals surface area contributed by atoms with E-state index in [1.165, 1.54) is 5.56 Å². The summed E-state index contributed by atoms with van der Waals surface area (Å²) in [5, 5.41) is 21.7. The van der Waals surface area contributed by atoms with Crippen molar-refractivity contribution in [1.82, 2.24) is 20.4 Å². The molecule has 6 heteroatoms. The Morgan fingerprint density at radius 1 is 1.15 bits per heavy atom. The number of carbonyl (C=O) groups is 1. The first-order valence-electron chi connectivity index (χ1n) is 11.8. The van der Waals surface area contributed by atoms with Gasteiger partial charge in [-0.2, -0.15) is 5.10 Å². The number of H-pyrrole nitrogens is 1. The van der Waals surface area contributed by atoms with Crippen molar-refractivity contribution in [3.05, 3.63) is 88.2 Å². The molecule has 0 spiro atoms. The van der Waals surface area contributed by atoms with E-state index in [0.717, 1.165) is 48.2 Å². The SMILES string of the molecule is CCc1n[nH]c(CN(C)C(=O)c2ccc(CC3CCC(C(O)c4ccccc4)N3)cc2)c1C. The highest BCUT2D eigenvalue weighted by Gasteiger charge is 2.29. The molecule has 174 valence electrons. The fourth-order valence-corrected chi connectivity index (χ4v) is 4.71. The zero-order valence-electron chi connectivity index (χ0n) is 19.7. The smallest absolute Gasteiger partial charge is 0.253 e. The molecule has 2 aromatic carbocycles. The summed E-state index contributed by atoms with van der Waals surface area (Å²) in [6.07, 6.45) is 3.26. The average molecular weight is 447 g/mol. The van der Waals surface area contributed by atoms with Gasteiger partial charge in [0.1, 0.15) is 0 Å². The molecule has 6 nitrogen and oxygen atoms in total. The van der Waals surface area contributed by atoms with Gasteiger partial charge in [-0.1, -0.05) is 49.4 Å². The number of amides is 1. The number of aromatic amines is 1. The highest BCUT2D eigenvalue weighted by atomic mass is 16.3. The number of hydrogen-bond donors (Lipinski definition) is 3. The lowest BCUT2D eigenvalue weighted by atomic mass is 10.0. The van der Waals surface area contributed by atoms with Crippen LogP contribution < -0.4 is 5.32 Å². The van der Waals surface area contributed by atoms with Crippen molar-refractivity contribution < 1.29 is 9.90 Å². The van der Waals surface area contributed by atoms with Crippen LogP contribution >= 0.6 is 0 Å². The van der Waals surface area contributed by atoms with Gasteiger partial charge in [0.15, 0.2) is 0 Å². The van der Waals surface area contributed by atoms with Gasteiger partial charge in [0, 0.05) is 24.7 Å². The molecule has 1 amide bonds. The predicted octanol–water partition coefficient (Wildman–Crippen LogP) is 3.95. The number of carbonyl (C=O) groups excluding carboxylic acids is 1. The summed E-state index contributed by atoms with van der Waals surface area (Å²) in [7, 11) is 1.82. The number of aryl methyl sites for hydroxylation is 1. The first kappa shape index (κ1) is 23.2. The fourth-order valence-electron chi connectivity index (χ4n) is 4.71. The van der Waals surface area contributed by atoms with E-state index in [1.54, 1.807) is 4.90 Å². The van der Waals surface area contributed by atoms with E-state index in [1.807, 2.05) is 68.6 Å². The molecule has 3 aromatic rings. The lowest BCUT2D eigenvalue weighted by Gasteiger charge is -2.20. The number of aliphatic hydroxyl groups is 1. The van der Waals surface area contributed by atoms with E-state index in [2.05, 4.69) is 22.4 Å². The Labute approximate surface area is 196 Å². The summed E-state index contributed by atoms with van der Waals surface area (Å²) >= 11 is 0. The third-order valence-electron chi connectivity index (χ3n) is 6.77. The second-order valence-corrected chi connectivity index (χ2v) is 9.09. The van der Waals surface area contributed by atoms with Crippen LogP contribution in [0, 0.1) is 6.92 Å². The summed E-state index contributed by atoms with van der Waals surface area (Å²) in [6, 6.07) is 18.2. The largest absolute Gasteiger partial charge is 0.387 e. The van der Waals surface area contributed by atoms with Gasteiger partial charge in [0.05, 0.1) is 24.0 Å². The van der Waals surface area contributed by atoms with Crippen LogP contribution in [-0.4, -0.2) is 45.2 Å². The van der Waals surface area contributed by atoms with Gasteiger partial charge < -0.3 is 15.3 Å². The minimum atomic E-state index is -0.487. The van der Waals surface area contributed by atoms with Gasteiger partial charge >= 0.3 is 0 Å². The summed E-state index contributed by atoms with van der Waals surface area (Å²) in [5.74, 6) is -0.00126. The number of nitrogens with one attached hydrogen (secondary N) is 2. The molecule has 0 aliphatic carbocycles. The van der Waals surface area contributed by atoms with Crippen molar-refractivity contribution in [2.45, 2.75) is 64.3 Å². The van der Waals surface area contributed by atoms with Crippen molar-refractivity contribution in [1.29, 1.82) is 0 Å². The Balaban J connectivity index is 1.31. The normalized spacial score (nSPS) is 18.9. The minimum Gasteiger partial charge on any atom is -0.387 e.